The maximum absolute atomic E-state index is 13.7. The van der Waals surface area contributed by atoms with Crippen molar-refractivity contribution in [2.45, 2.75) is 31.0 Å². The van der Waals surface area contributed by atoms with Crippen LogP contribution in [0.5, 0.6) is 0 Å². The molecule has 4 heteroatoms. The molecule has 1 aromatic carbocycles. The van der Waals surface area contributed by atoms with Gasteiger partial charge in [-0.1, -0.05) is 13.0 Å². The van der Waals surface area contributed by atoms with E-state index in [9.17, 15) is 4.39 Å². The lowest BCUT2D eigenvalue weighted by molar-refractivity contribution is 0.600. The van der Waals surface area contributed by atoms with Crippen LogP contribution < -0.4 is 4.90 Å². The number of hydrogen-bond donors (Lipinski definition) is 0. The van der Waals surface area contributed by atoms with Crippen molar-refractivity contribution in [3.05, 3.63) is 29.6 Å². The van der Waals surface area contributed by atoms with Gasteiger partial charge in [0.15, 0.2) is 0 Å². The van der Waals surface area contributed by atoms with Gasteiger partial charge < -0.3 is 4.90 Å². The molecule has 2 atom stereocenters. The average Bonchev–Trinajstić information content (AvgIpc) is 2.32. The zero-order valence-electron chi connectivity index (χ0n) is 10.1. The van der Waals surface area contributed by atoms with E-state index in [1.165, 1.54) is 6.07 Å². The van der Waals surface area contributed by atoms with E-state index in [-0.39, 0.29) is 11.7 Å². The smallest absolute Gasteiger partial charge is 0.129 e. The van der Waals surface area contributed by atoms with Gasteiger partial charge >= 0.3 is 0 Å². The molecule has 1 nitrogen and oxygen atoms in total. The van der Waals surface area contributed by atoms with Crippen LogP contribution in [0.15, 0.2) is 18.2 Å². The molecule has 0 spiro atoms. The summed E-state index contributed by atoms with van der Waals surface area (Å²) in [6.45, 7) is 5.38. The quantitative estimate of drug-likeness (QED) is 0.752. The molecule has 1 heterocycles. The fourth-order valence-corrected chi connectivity index (χ4v) is 3.59. The van der Waals surface area contributed by atoms with E-state index < -0.39 is 0 Å². The summed E-state index contributed by atoms with van der Waals surface area (Å²) < 4.78 is 13.7. The van der Waals surface area contributed by atoms with Crippen LogP contribution in [0.4, 0.5) is 10.1 Å². The van der Waals surface area contributed by atoms with Gasteiger partial charge in [-0.25, -0.2) is 4.39 Å². The second-order valence-electron chi connectivity index (χ2n) is 4.38. The Labute approximate surface area is 111 Å². The van der Waals surface area contributed by atoms with E-state index in [1.807, 2.05) is 17.8 Å². The minimum atomic E-state index is -0.199. The maximum Gasteiger partial charge on any atom is 0.129 e. The van der Waals surface area contributed by atoms with E-state index in [0.717, 1.165) is 18.0 Å². The Kier molecular flexibility index (Phi) is 4.21. The number of anilines is 1. The molecule has 1 saturated heterocycles. The summed E-state index contributed by atoms with van der Waals surface area (Å²) in [6.07, 6.45) is 0. The zero-order chi connectivity index (χ0) is 12.4. The van der Waals surface area contributed by atoms with Crippen molar-refractivity contribution in [3.63, 3.8) is 0 Å². The monoisotopic (exact) mass is 273 g/mol. The SMILES string of the molecule is CC1SCCN(c2cccc(F)c2CCl)C1C. The van der Waals surface area contributed by atoms with Crippen LogP contribution in [0.3, 0.4) is 0 Å². The van der Waals surface area contributed by atoms with E-state index in [0.29, 0.717) is 16.9 Å². The molecule has 0 amide bonds. The van der Waals surface area contributed by atoms with E-state index >= 15 is 0 Å². The van der Waals surface area contributed by atoms with E-state index in [1.54, 1.807) is 6.07 Å². The lowest BCUT2D eigenvalue weighted by Gasteiger charge is -2.40. The van der Waals surface area contributed by atoms with Gasteiger partial charge in [0, 0.05) is 34.8 Å². The van der Waals surface area contributed by atoms with E-state index in [4.69, 9.17) is 11.6 Å². The first-order valence-corrected chi connectivity index (χ1v) is 7.45. The van der Waals surface area contributed by atoms with Crippen molar-refractivity contribution in [1.82, 2.24) is 0 Å². The van der Waals surface area contributed by atoms with Crippen molar-refractivity contribution in [3.8, 4) is 0 Å². The Morgan fingerprint density at radius 1 is 1.47 bits per heavy atom. The highest BCUT2D eigenvalue weighted by molar-refractivity contribution is 8.00. The molecule has 0 radical (unpaired) electrons. The summed E-state index contributed by atoms with van der Waals surface area (Å²) in [5.74, 6) is 1.12. The molecule has 2 rings (SSSR count). The van der Waals surface area contributed by atoms with Crippen molar-refractivity contribution >= 4 is 29.1 Å². The largest absolute Gasteiger partial charge is 0.367 e. The Bertz CT molecular complexity index is 399. The molecule has 0 saturated carbocycles. The lowest BCUT2D eigenvalue weighted by Crippen LogP contribution is -2.45. The third kappa shape index (κ3) is 2.55. The number of thioether (sulfide) groups is 1. The van der Waals surface area contributed by atoms with Crippen molar-refractivity contribution in [1.29, 1.82) is 0 Å². The zero-order valence-corrected chi connectivity index (χ0v) is 11.7. The second-order valence-corrected chi connectivity index (χ2v) is 6.13. The molecule has 1 aromatic rings. The molecule has 94 valence electrons. The Morgan fingerprint density at radius 2 is 2.24 bits per heavy atom. The highest BCUT2D eigenvalue weighted by Gasteiger charge is 2.27. The van der Waals surface area contributed by atoms with Crippen LogP contribution in [0, 0.1) is 5.82 Å². The summed E-state index contributed by atoms with van der Waals surface area (Å²) in [6, 6.07) is 5.63. The number of hydrogen-bond acceptors (Lipinski definition) is 2. The van der Waals surface area contributed by atoms with Crippen LogP contribution in [-0.4, -0.2) is 23.6 Å². The highest BCUT2D eigenvalue weighted by atomic mass is 35.5. The summed E-state index contributed by atoms with van der Waals surface area (Å²) in [5, 5.41) is 0.565. The van der Waals surface area contributed by atoms with Crippen molar-refractivity contribution in [2.75, 3.05) is 17.2 Å². The fourth-order valence-electron chi connectivity index (χ4n) is 2.22. The molecular weight excluding hydrogens is 257 g/mol. The predicted octanol–water partition coefficient (Wildman–Crippen LogP) is 3.89. The van der Waals surface area contributed by atoms with Gasteiger partial charge in [0.2, 0.25) is 0 Å². The Morgan fingerprint density at radius 3 is 2.94 bits per heavy atom. The fraction of sp³-hybridized carbons (Fsp3) is 0.538. The first kappa shape index (κ1) is 13.0. The lowest BCUT2D eigenvalue weighted by atomic mass is 10.1. The van der Waals surface area contributed by atoms with Gasteiger partial charge in [-0.2, -0.15) is 11.8 Å². The van der Waals surface area contributed by atoms with Gasteiger partial charge in [-0.15, -0.1) is 11.6 Å². The molecule has 2 unspecified atom stereocenters. The summed E-state index contributed by atoms with van der Waals surface area (Å²) in [7, 11) is 0. The first-order chi connectivity index (χ1) is 8.15. The minimum absolute atomic E-state index is 0.199. The third-order valence-corrected chi connectivity index (χ3v) is 5.03. The van der Waals surface area contributed by atoms with Gasteiger partial charge in [0.1, 0.15) is 5.82 Å². The first-order valence-electron chi connectivity index (χ1n) is 5.86. The Hall–Kier alpha value is -0.410. The number of rotatable bonds is 2. The standard InChI is InChI=1S/C13H17ClFNS/c1-9-10(2)17-7-6-16(9)13-5-3-4-12(15)11(13)8-14/h3-5,9-10H,6-8H2,1-2H3. The molecule has 0 bridgehead atoms. The molecule has 1 aliphatic rings. The molecule has 0 aromatic heterocycles. The molecule has 0 aliphatic carbocycles. The van der Waals surface area contributed by atoms with Crippen molar-refractivity contribution < 1.29 is 4.39 Å². The van der Waals surface area contributed by atoms with Crippen LogP contribution >= 0.6 is 23.4 Å². The van der Waals surface area contributed by atoms with Gasteiger partial charge in [-0.3, -0.25) is 0 Å². The van der Waals surface area contributed by atoms with Gasteiger partial charge in [0.25, 0.3) is 0 Å². The van der Waals surface area contributed by atoms with Gasteiger partial charge in [-0.05, 0) is 19.1 Å². The third-order valence-electron chi connectivity index (χ3n) is 3.42. The van der Waals surface area contributed by atoms with Gasteiger partial charge in [0.05, 0.1) is 5.88 Å². The topological polar surface area (TPSA) is 3.24 Å². The molecule has 1 aliphatic heterocycles. The molecule has 0 N–H and O–H groups in total. The van der Waals surface area contributed by atoms with E-state index in [2.05, 4.69) is 18.7 Å². The molecule has 1 fully saturated rings. The molecule has 17 heavy (non-hydrogen) atoms. The summed E-state index contributed by atoms with van der Waals surface area (Å²) in [4.78, 5) is 2.28. The number of alkyl halides is 1. The highest BCUT2D eigenvalue weighted by Crippen LogP contribution is 2.32. The summed E-state index contributed by atoms with van der Waals surface area (Å²) >= 11 is 7.84. The van der Waals surface area contributed by atoms with Crippen LogP contribution in [-0.2, 0) is 5.88 Å². The maximum atomic E-state index is 13.7. The normalized spacial score (nSPS) is 25.1. The van der Waals surface area contributed by atoms with Crippen LogP contribution in [0.2, 0.25) is 0 Å². The predicted molar refractivity (Wildman–Crippen MR) is 74.7 cm³/mol. The Balaban J connectivity index is 2.35. The summed E-state index contributed by atoms with van der Waals surface area (Å²) in [5.41, 5.74) is 1.58. The minimum Gasteiger partial charge on any atom is -0.367 e. The van der Waals surface area contributed by atoms with Crippen molar-refractivity contribution in [2.24, 2.45) is 0 Å². The average molecular weight is 274 g/mol. The van der Waals surface area contributed by atoms with Crippen LogP contribution in [0.1, 0.15) is 19.4 Å². The second kappa shape index (κ2) is 5.49. The number of halogens is 2. The number of nitrogens with zero attached hydrogens (tertiary/aromatic N) is 1. The van der Waals surface area contributed by atoms with Crippen LogP contribution in [0.25, 0.3) is 0 Å². The molecular formula is C13H17ClFNS. The number of benzene rings is 1.